The molecule has 0 aromatic rings. The van der Waals surface area contributed by atoms with E-state index in [9.17, 15) is 4.57 Å². The summed E-state index contributed by atoms with van der Waals surface area (Å²) in [5.41, 5.74) is 0. The predicted octanol–water partition coefficient (Wildman–Crippen LogP) is 0.881. The van der Waals surface area contributed by atoms with E-state index < -0.39 is 7.37 Å². The summed E-state index contributed by atoms with van der Waals surface area (Å²) in [5, 5.41) is 8.40. The van der Waals surface area contributed by atoms with E-state index in [1.54, 1.807) is 6.92 Å². The van der Waals surface area contributed by atoms with E-state index in [2.05, 4.69) is 4.52 Å². The SMILES string of the molecule is CCP(=O)(CO)OC. The Bertz CT molecular complexity index is 82.4. The molecule has 0 heterocycles. The standard InChI is InChI=1S/C4H11O3P/c1-3-8(6,4-5)7-2/h5H,3-4H2,1-2H3. The fourth-order valence-electron chi connectivity index (χ4n) is 0.287. The molecule has 1 N–H and O–H groups in total. The molecule has 0 aliphatic heterocycles. The zero-order valence-electron chi connectivity index (χ0n) is 5.13. The molecular weight excluding hydrogens is 127 g/mol. The normalized spacial score (nSPS) is 17.9. The van der Waals surface area contributed by atoms with Crippen LogP contribution >= 0.6 is 7.37 Å². The molecule has 0 spiro atoms. The number of rotatable bonds is 3. The van der Waals surface area contributed by atoms with E-state index in [-0.39, 0.29) is 6.35 Å². The highest BCUT2D eigenvalue weighted by Gasteiger charge is 2.15. The van der Waals surface area contributed by atoms with Crippen molar-refractivity contribution in [2.24, 2.45) is 0 Å². The minimum Gasteiger partial charge on any atom is -0.386 e. The minimum atomic E-state index is -2.61. The van der Waals surface area contributed by atoms with Gasteiger partial charge in [-0.1, -0.05) is 6.92 Å². The lowest BCUT2D eigenvalue weighted by Gasteiger charge is -2.08. The van der Waals surface area contributed by atoms with E-state index in [0.29, 0.717) is 6.16 Å². The number of hydrogen-bond acceptors (Lipinski definition) is 3. The van der Waals surface area contributed by atoms with Gasteiger partial charge in [0.15, 0.2) is 0 Å². The van der Waals surface area contributed by atoms with Gasteiger partial charge in [-0.2, -0.15) is 0 Å². The van der Waals surface area contributed by atoms with Crippen LogP contribution in [0, 0.1) is 0 Å². The molecule has 8 heavy (non-hydrogen) atoms. The highest BCUT2D eigenvalue weighted by molar-refractivity contribution is 7.58. The summed E-state index contributed by atoms with van der Waals surface area (Å²) < 4.78 is 15.4. The lowest BCUT2D eigenvalue weighted by atomic mass is 11.0. The van der Waals surface area contributed by atoms with Crippen molar-refractivity contribution in [3.63, 3.8) is 0 Å². The first-order valence-corrected chi connectivity index (χ1v) is 4.42. The molecule has 3 nitrogen and oxygen atoms in total. The van der Waals surface area contributed by atoms with Gasteiger partial charge in [0.1, 0.15) is 6.35 Å². The number of aliphatic hydroxyl groups excluding tert-OH is 1. The van der Waals surface area contributed by atoms with E-state index >= 15 is 0 Å². The van der Waals surface area contributed by atoms with Crippen molar-refractivity contribution in [2.45, 2.75) is 6.92 Å². The van der Waals surface area contributed by atoms with E-state index in [1.807, 2.05) is 0 Å². The maximum atomic E-state index is 10.8. The van der Waals surface area contributed by atoms with E-state index in [4.69, 9.17) is 5.11 Å². The zero-order chi connectivity index (χ0) is 6.62. The highest BCUT2D eigenvalue weighted by Crippen LogP contribution is 2.43. The van der Waals surface area contributed by atoms with Gasteiger partial charge in [-0.05, 0) is 0 Å². The first-order chi connectivity index (χ1) is 3.68. The Morgan fingerprint density at radius 2 is 2.25 bits per heavy atom. The van der Waals surface area contributed by atoms with Gasteiger partial charge in [0.25, 0.3) is 0 Å². The van der Waals surface area contributed by atoms with Crippen LogP contribution in [0.25, 0.3) is 0 Å². The van der Waals surface area contributed by atoms with Crippen LogP contribution < -0.4 is 0 Å². The van der Waals surface area contributed by atoms with Crippen LogP contribution in [0.1, 0.15) is 6.92 Å². The first kappa shape index (κ1) is 8.15. The third-order valence-electron chi connectivity index (χ3n) is 1.03. The van der Waals surface area contributed by atoms with Crippen molar-refractivity contribution in [2.75, 3.05) is 19.6 Å². The van der Waals surface area contributed by atoms with Crippen LogP contribution in [0.15, 0.2) is 0 Å². The average molecular weight is 138 g/mol. The molecule has 0 radical (unpaired) electrons. The Morgan fingerprint density at radius 1 is 1.75 bits per heavy atom. The van der Waals surface area contributed by atoms with Gasteiger partial charge in [0.2, 0.25) is 7.37 Å². The van der Waals surface area contributed by atoms with Crippen LogP contribution in [-0.2, 0) is 9.09 Å². The van der Waals surface area contributed by atoms with Crippen LogP contribution in [-0.4, -0.2) is 24.7 Å². The topological polar surface area (TPSA) is 46.5 Å². The van der Waals surface area contributed by atoms with Gasteiger partial charge < -0.3 is 9.63 Å². The van der Waals surface area contributed by atoms with Crippen molar-refractivity contribution >= 4 is 7.37 Å². The second kappa shape index (κ2) is 3.23. The molecule has 0 saturated heterocycles. The van der Waals surface area contributed by atoms with Crippen molar-refractivity contribution in [3.8, 4) is 0 Å². The van der Waals surface area contributed by atoms with Crippen molar-refractivity contribution in [3.05, 3.63) is 0 Å². The number of aliphatic hydroxyl groups is 1. The summed E-state index contributed by atoms with van der Waals surface area (Å²) in [6, 6.07) is 0. The summed E-state index contributed by atoms with van der Waals surface area (Å²) in [7, 11) is -1.26. The monoisotopic (exact) mass is 138 g/mol. The molecule has 0 bridgehead atoms. The van der Waals surface area contributed by atoms with Crippen LogP contribution in [0.5, 0.6) is 0 Å². The molecule has 0 fully saturated rings. The van der Waals surface area contributed by atoms with Crippen molar-refractivity contribution in [1.29, 1.82) is 0 Å². The van der Waals surface area contributed by atoms with E-state index in [0.717, 1.165) is 0 Å². The molecule has 1 atom stereocenters. The van der Waals surface area contributed by atoms with Crippen LogP contribution in [0.2, 0.25) is 0 Å². The largest absolute Gasteiger partial charge is 0.386 e. The molecule has 0 aliphatic rings. The maximum absolute atomic E-state index is 10.8. The summed E-state index contributed by atoms with van der Waals surface area (Å²) in [6.45, 7) is 1.72. The lowest BCUT2D eigenvalue weighted by Crippen LogP contribution is -1.92. The fraction of sp³-hybridized carbons (Fsp3) is 1.00. The van der Waals surface area contributed by atoms with Gasteiger partial charge in [0, 0.05) is 13.3 Å². The second-order valence-corrected chi connectivity index (χ2v) is 4.36. The van der Waals surface area contributed by atoms with E-state index in [1.165, 1.54) is 7.11 Å². The minimum absolute atomic E-state index is 0.347. The van der Waals surface area contributed by atoms with Gasteiger partial charge >= 0.3 is 0 Å². The second-order valence-electron chi connectivity index (χ2n) is 1.45. The molecule has 0 amide bonds. The van der Waals surface area contributed by atoms with Crippen molar-refractivity contribution in [1.82, 2.24) is 0 Å². The van der Waals surface area contributed by atoms with Gasteiger partial charge in [-0.3, -0.25) is 4.57 Å². The Balaban J connectivity index is 3.79. The molecule has 0 aromatic carbocycles. The summed E-state index contributed by atoms with van der Waals surface area (Å²) in [5.74, 6) is 0. The molecule has 0 aliphatic carbocycles. The fourth-order valence-corrected chi connectivity index (χ4v) is 0.861. The molecule has 50 valence electrons. The van der Waals surface area contributed by atoms with Gasteiger partial charge in [-0.15, -0.1) is 0 Å². The summed E-state index contributed by atoms with van der Waals surface area (Å²) >= 11 is 0. The quantitative estimate of drug-likeness (QED) is 0.589. The van der Waals surface area contributed by atoms with Gasteiger partial charge in [-0.25, -0.2) is 0 Å². The molecule has 1 unspecified atom stereocenters. The third kappa shape index (κ3) is 1.95. The Morgan fingerprint density at radius 3 is 2.25 bits per heavy atom. The molecule has 0 rings (SSSR count). The molecule has 4 heteroatoms. The first-order valence-electron chi connectivity index (χ1n) is 2.43. The molecule has 0 saturated carbocycles. The third-order valence-corrected chi connectivity index (χ3v) is 3.09. The Hall–Kier alpha value is 0.150. The Kier molecular flexibility index (Phi) is 3.29. The maximum Gasteiger partial charge on any atom is 0.227 e. The van der Waals surface area contributed by atoms with Crippen molar-refractivity contribution < 1.29 is 14.2 Å². The average Bonchev–Trinajstić information content (AvgIpc) is 1.87. The van der Waals surface area contributed by atoms with Crippen LogP contribution in [0.4, 0.5) is 0 Å². The zero-order valence-corrected chi connectivity index (χ0v) is 6.02. The number of hydrogen-bond donors (Lipinski definition) is 1. The molecular formula is C4H11O3P. The predicted molar refractivity (Wildman–Crippen MR) is 32.2 cm³/mol. The summed E-state index contributed by atoms with van der Waals surface area (Å²) in [6.07, 6.45) is 0.0556. The lowest BCUT2D eigenvalue weighted by molar-refractivity contribution is 0.311. The smallest absolute Gasteiger partial charge is 0.227 e. The Labute approximate surface area is 49.1 Å². The van der Waals surface area contributed by atoms with Gasteiger partial charge in [0.05, 0.1) is 0 Å². The molecule has 0 aromatic heterocycles. The summed E-state index contributed by atoms with van der Waals surface area (Å²) in [4.78, 5) is 0. The highest BCUT2D eigenvalue weighted by atomic mass is 31.2. The van der Waals surface area contributed by atoms with Crippen LogP contribution in [0.3, 0.4) is 0 Å².